The van der Waals surface area contributed by atoms with Crippen molar-refractivity contribution in [1.29, 1.82) is 0 Å². The fourth-order valence-corrected chi connectivity index (χ4v) is 4.22. The van der Waals surface area contributed by atoms with Crippen LogP contribution in [0.2, 0.25) is 0 Å². The van der Waals surface area contributed by atoms with E-state index in [1.54, 1.807) is 4.31 Å². The summed E-state index contributed by atoms with van der Waals surface area (Å²) in [7, 11) is -3.24. The van der Waals surface area contributed by atoms with Gasteiger partial charge in [0.2, 0.25) is 10.0 Å². The summed E-state index contributed by atoms with van der Waals surface area (Å²) < 4.78 is 26.5. The lowest BCUT2D eigenvalue weighted by molar-refractivity contribution is 0.349. The second-order valence-electron chi connectivity index (χ2n) is 5.78. The second-order valence-corrected chi connectivity index (χ2v) is 7.75. The molecule has 5 heteroatoms. The Labute approximate surface area is 115 Å². The van der Waals surface area contributed by atoms with Crippen molar-refractivity contribution < 1.29 is 8.42 Å². The first-order valence-corrected chi connectivity index (χ1v) is 8.20. The predicted molar refractivity (Wildman–Crippen MR) is 77.2 cm³/mol. The molecule has 2 rings (SSSR count). The molecule has 1 aromatic rings. The molecule has 19 heavy (non-hydrogen) atoms. The van der Waals surface area contributed by atoms with E-state index in [-0.39, 0.29) is 11.2 Å². The van der Waals surface area contributed by atoms with Crippen LogP contribution in [0.15, 0.2) is 24.3 Å². The van der Waals surface area contributed by atoms with Gasteiger partial charge in [-0.3, -0.25) is 0 Å². The van der Waals surface area contributed by atoms with Crippen LogP contribution in [0, 0.1) is 12.3 Å². The van der Waals surface area contributed by atoms with E-state index in [9.17, 15) is 8.42 Å². The third-order valence-electron chi connectivity index (χ3n) is 4.01. The maximum Gasteiger partial charge on any atom is 0.218 e. The fraction of sp³-hybridized carbons (Fsp3) is 0.571. The van der Waals surface area contributed by atoms with Gasteiger partial charge in [0.25, 0.3) is 0 Å². The predicted octanol–water partition coefficient (Wildman–Crippen LogP) is 1.50. The van der Waals surface area contributed by atoms with Crippen molar-refractivity contribution in [2.24, 2.45) is 11.1 Å². The van der Waals surface area contributed by atoms with Crippen LogP contribution in [0.25, 0.3) is 0 Å². The Kier molecular flexibility index (Phi) is 3.99. The van der Waals surface area contributed by atoms with Crippen LogP contribution >= 0.6 is 0 Å². The topological polar surface area (TPSA) is 63.4 Å². The lowest BCUT2D eigenvalue weighted by atomic mass is 9.90. The minimum Gasteiger partial charge on any atom is -0.330 e. The van der Waals surface area contributed by atoms with Gasteiger partial charge in [0.15, 0.2) is 0 Å². The Balaban J connectivity index is 2.15. The van der Waals surface area contributed by atoms with E-state index in [2.05, 4.69) is 6.92 Å². The number of hydrogen-bond donors (Lipinski definition) is 1. The van der Waals surface area contributed by atoms with E-state index in [1.165, 1.54) is 0 Å². The van der Waals surface area contributed by atoms with Crippen LogP contribution in [0.4, 0.5) is 0 Å². The molecule has 1 aliphatic rings. The lowest BCUT2D eigenvalue weighted by Gasteiger charge is -2.22. The highest BCUT2D eigenvalue weighted by atomic mass is 32.2. The van der Waals surface area contributed by atoms with E-state index in [0.717, 1.165) is 17.5 Å². The zero-order valence-corrected chi connectivity index (χ0v) is 12.4. The third-order valence-corrected chi connectivity index (χ3v) is 5.78. The van der Waals surface area contributed by atoms with Crippen LogP contribution in [-0.2, 0) is 15.8 Å². The average molecular weight is 282 g/mol. The Hall–Kier alpha value is -0.910. The zero-order chi connectivity index (χ0) is 14.1. The Bertz CT molecular complexity index is 556. The maximum absolute atomic E-state index is 12.4. The van der Waals surface area contributed by atoms with Crippen molar-refractivity contribution in [3.8, 4) is 0 Å². The number of nitrogens with zero attached hydrogens (tertiary/aromatic N) is 1. The van der Waals surface area contributed by atoms with Gasteiger partial charge in [0.1, 0.15) is 0 Å². The molecule has 4 nitrogen and oxygen atoms in total. The van der Waals surface area contributed by atoms with E-state index in [4.69, 9.17) is 5.73 Å². The number of hydrogen-bond acceptors (Lipinski definition) is 3. The molecule has 0 radical (unpaired) electrons. The molecule has 1 fully saturated rings. The minimum absolute atomic E-state index is 0.0706. The largest absolute Gasteiger partial charge is 0.330 e. The number of sulfonamides is 1. The molecule has 0 spiro atoms. The number of nitrogens with two attached hydrogens (primary N) is 1. The number of benzene rings is 1. The highest BCUT2D eigenvalue weighted by Gasteiger charge is 2.38. The van der Waals surface area contributed by atoms with Crippen molar-refractivity contribution in [3.63, 3.8) is 0 Å². The Morgan fingerprint density at radius 1 is 1.37 bits per heavy atom. The van der Waals surface area contributed by atoms with E-state index >= 15 is 0 Å². The van der Waals surface area contributed by atoms with Gasteiger partial charge in [-0.05, 0) is 36.4 Å². The van der Waals surface area contributed by atoms with Gasteiger partial charge in [-0.1, -0.05) is 31.2 Å². The molecule has 2 N–H and O–H groups in total. The fourth-order valence-electron chi connectivity index (χ4n) is 2.44. The number of rotatable bonds is 4. The summed E-state index contributed by atoms with van der Waals surface area (Å²) >= 11 is 0. The summed E-state index contributed by atoms with van der Waals surface area (Å²) in [6.45, 7) is 5.65. The highest BCUT2D eigenvalue weighted by molar-refractivity contribution is 7.88. The first-order valence-electron chi connectivity index (χ1n) is 6.59. The summed E-state index contributed by atoms with van der Waals surface area (Å²) in [5.74, 6) is 0.0837. The molecule has 106 valence electrons. The Morgan fingerprint density at radius 3 is 2.63 bits per heavy atom. The van der Waals surface area contributed by atoms with Gasteiger partial charge in [0.05, 0.1) is 5.75 Å². The van der Waals surface area contributed by atoms with Crippen LogP contribution < -0.4 is 5.73 Å². The van der Waals surface area contributed by atoms with Crippen molar-refractivity contribution >= 4 is 10.0 Å². The van der Waals surface area contributed by atoms with Gasteiger partial charge in [-0.2, -0.15) is 0 Å². The Morgan fingerprint density at radius 2 is 2.05 bits per heavy atom. The molecule has 1 atom stereocenters. The molecule has 0 aliphatic carbocycles. The maximum atomic E-state index is 12.4. The summed E-state index contributed by atoms with van der Waals surface area (Å²) in [5.41, 5.74) is 7.56. The van der Waals surface area contributed by atoms with Crippen molar-refractivity contribution in [2.45, 2.75) is 26.0 Å². The molecule has 1 aromatic carbocycles. The third kappa shape index (κ3) is 3.16. The average Bonchev–Trinajstić information content (AvgIpc) is 2.76. The van der Waals surface area contributed by atoms with Gasteiger partial charge >= 0.3 is 0 Å². The van der Waals surface area contributed by atoms with Crippen LogP contribution in [0.1, 0.15) is 24.5 Å². The van der Waals surface area contributed by atoms with Crippen LogP contribution in [-0.4, -0.2) is 32.4 Å². The highest BCUT2D eigenvalue weighted by Crippen LogP contribution is 2.31. The van der Waals surface area contributed by atoms with Crippen molar-refractivity contribution in [3.05, 3.63) is 35.4 Å². The van der Waals surface area contributed by atoms with Gasteiger partial charge in [-0.15, -0.1) is 0 Å². The molecule has 0 aromatic heterocycles. The minimum atomic E-state index is -3.24. The molecule has 1 heterocycles. The summed E-state index contributed by atoms with van der Waals surface area (Å²) in [6.07, 6.45) is 0.844. The summed E-state index contributed by atoms with van der Waals surface area (Å²) in [6, 6.07) is 7.63. The zero-order valence-electron chi connectivity index (χ0n) is 11.6. The SMILES string of the molecule is Cc1ccccc1CS(=O)(=O)N1CCC(C)(CN)C1. The standard InChI is InChI=1S/C14H22N2O2S/c1-12-5-3-4-6-13(12)9-19(17,18)16-8-7-14(2,10-15)11-16/h3-6H,7-11,15H2,1-2H3. The van der Waals surface area contributed by atoms with E-state index < -0.39 is 10.0 Å². The smallest absolute Gasteiger partial charge is 0.218 e. The molecular formula is C14H22N2O2S. The van der Waals surface area contributed by atoms with Gasteiger partial charge in [-0.25, -0.2) is 12.7 Å². The van der Waals surface area contributed by atoms with Gasteiger partial charge < -0.3 is 5.73 Å². The van der Waals surface area contributed by atoms with E-state index in [0.29, 0.717) is 19.6 Å². The molecule has 1 unspecified atom stereocenters. The molecule has 1 aliphatic heterocycles. The first kappa shape index (κ1) is 14.5. The monoisotopic (exact) mass is 282 g/mol. The molecule has 1 saturated heterocycles. The molecule has 0 saturated carbocycles. The number of aryl methyl sites for hydroxylation is 1. The molecule has 0 amide bonds. The van der Waals surface area contributed by atoms with Crippen LogP contribution in [0.5, 0.6) is 0 Å². The summed E-state index contributed by atoms with van der Waals surface area (Å²) in [4.78, 5) is 0. The van der Waals surface area contributed by atoms with E-state index in [1.807, 2.05) is 31.2 Å². The first-order chi connectivity index (χ1) is 8.86. The normalized spacial score (nSPS) is 24.8. The van der Waals surface area contributed by atoms with Crippen molar-refractivity contribution in [1.82, 2.24) is 4.31 Å². The van der Waals surface area contributed by atoms with Gasteiger partial charge in [0, 0.05) is 13.1 Å². The molecule has 0 bridgehead atoms. The van der Waals surface area contributed by atoms with Crippen molar-refractivity contribution in [2.75, 3.05) is 19.6 Å². The second kappa shape index (κ2) is 5.23. The lowest BCUT2D eigenvalue weighted by Crippen LogP contribution is -2.35. The summed E-state index contributed by atoms with van der Waals surface area (Å²) in [5, 5.41) is 0. The quantitative estimate of drug-likeness (QED) is 0.910. The van der Waals surface area contributed by atoms with Crippen LogP contribution in [0.3, 0.4) is 0 Å². The molecular weight excluding hydrogens is 260 g/mol.